The third kappa shape index (κ3) is 14.9. The van der Waals surface area contributed by atoms with Crippen LogP contribution < -0.4 is 18.9 Å². The molecule has 0 bridgehead atoms. The molecule has 4 N–H and O–H groups in total. The van der Waals surface area contributed by atoms with E-state index in [2.05, 4.69) is 123 Å². The van der Waals surface area contributed by atoms with Gasteiger partial charge in [-0.05, 0) is 355 Å². The zero-order valence-corrected chi connectivity index (χ0v) is 62.0. The number of aliphatic hydroxyl groups excluding tert-OH is 2. The van der Waals surface area contributed by atoms with Crippen molar-refractivity contribution in [1.29, 1.82) is 0 Å². The number of aliphatic hydroxyl groups is 4. The molecule has 12 rings (SSSR count). The zero-order chi connectivity index (χ0) is 63.0. The van der Waals surface area contributed by atoms with E-state index in [4.69, 9.17) is 0 Å². The van der Waals surface area contributed by atoms with Crippen LogP contribution in [0, 0.1) is 127 Å². The minimum atomic E-state index is -0.626. The summed E-state index contributed by atoms with van der Waals surface area (Å²) < 4.78 is 0. The first-order valence-corrected chi connectivity index (χ1v) is 38.8. The van der Waals surface area contributed by atoms with E-state index < -0.39 is 11.2 Å². The number of halogens is 1. The van der Waals surface area contributed by atoms with Crippen LogP contribution >= 0.6 is 15.9 Å². The van der Waals surface area contributed by atoms with Crippen LogP contribution in [0.1, 0.15) is 311 Å². The van der Waals surface area contributed by atoms with Gasteiger partial charge in [-0.3, -0.25) is 0 Å². The second-order valence-corrected chi connectivity index (χ2v) is 38.4. The van der Waals surface area contributed by atoms with Crippen molar-refractivity contribution in [2.24, 2.45) is 127 Å². The number of allylic oxidation sites excluding steroid dienone is 6. The van der Waals surface area contributed by atoms with Crippen molar-refractivity contribution in [2.45, 2.75) is 338 Å². The van der Waals surface area contributed by atoms with Crippen LogP contribution in [0.25, 0.3) is 0 Å². The maximum absolute atomic E-state index is 10.3. The van der Waals surface area contributed by atoms with Gasteiger partial charge in [0.1, 0.15) is 0 Å². The second-order valence-electron chi connectivity index (χ2n) is 37.3. The van der Waals surface area contributed by atoms with E-state index in [1.54, 1.807) is 11.1 Å². The molecule has 0 amide bonds. The van der Waals surface area contributed by atoms with Gasteiger partial charge in [0, 0.05) is 4.83 Å². The summed E-state index contributed by atoms with van der Waals surface area (Å²) in [4.78, 5) is 0.198. The van der Waals surface area contributed by atoms with Gasteiger partial charge in [0.05, 0.1) is 23.4 Å². The molecule has 25 atom stereocenters. The minimum Gasteiger partial charge on any atom is -1.00 e. The van der Waals surface area contributed by atoms with Gasteiger partial charge < -0.3 is 21.9 Å². The van der Waals surface area contributed by atoms with Crippen LogP contribution in [0.2, 0.25) is 0 Å². The average molecular weight is 1300 g/mol. The Hall–Kier alpha value is 0.410. The second kappa shape index (κ2) is 29.1. The Morgan fingerprint density at radius 2 is 0.899 bits per heavy atom. The van der Waals surface area contributed by atoms with E-state index in [1.165, 1.54) is 160 Å². The molecule has 0 aromatic rings. The number of rotatable bonds is 14. The summed E-state index contributed by atoms with van der Waals surface area (Å²) in [5, 5.41) is 40.8. The fourth-order valence-electron chi connectivity index (χ4n) is 25.9. The topological polar surface area (TPSA) is 80.9 Å². The SMILES string of the molecule is CC(C)=CCC[C@@H](C)C1CCC2C3CC=C4C[C@@H](O)CC[C@]4(C)C3CC[C@@]21C.C[C@H](CCCC(C)(C)O)C1CCC2C3CC=C4C[C@@H](O)CC[C@]4(C)C3CC[C@@]21C.C[C@H]1CC[C@@]2(C)C(=CCC3C4CCC([C@H](C)CCC(Br)C(C)(C)O)[C@@]4(C)CCC32)C1.[AlH3].[H-].[Li+]. The van der Waals surface area contributed by atoms with Gasteiger partial charge in [0.15, 0.2) is 17.4 Å². The van der Waals surface area contributed by atoms with E-state index in [0.29, 0.717) is 32.5 Å². The minimum absolute atomic E-state index is 0. The van der Waals surface area contributed by atoms with Gasteiger partial charge in [-0.15, -0.1) is 0 Å². The van der Waals surface area contributed by atoms with Gasteiger partial charge in [0.25, 0.3) is 0 Å². The predicted molar refractivity (Wildman–Crippen MR) is 382 cm³/mol. The molecule has 0 aliphatic heterocycles. The smallest absolute Gasteiger partial charge is 1.00 e. The van der Waals surface area contributed by atoms with Crippen molar-refractivity contribution in [1.82, 2.24) is 0 Å². The number of hydrogen-bond acceptors (Lipinski definition) is 4. The van der Waals surface area contributed by atoms with Crippen molar-refractivity contribution in [3.05, 3.63) is 46.6 Å². The van der Waals surface area contributed by atoms with E-state index in [-0.39, 0.29) is 54.7 Å². The van der Waals surface area contributed by atoms with Crippen LogP contribution in [-0.2, 0) is 0 Å². The summed E-state index contributed by atoms with van der Waals surface area (Å²) in [5.41, 5.74) is 8.26. The molecule has 13 unspecified atom stereocenters. The normalized spacial score (nSPS) is 44.8. The molecule has 89 heavy (non-hydrogen) atoms. The summed E-state index contributed by atoms with van der Waals surface area (Å²) in [6.45, 7) is 38.0. The van der Waals surface area contributed by atoms with E-state index in [1.807, 2.05) is 33.3 Å². The molecular formula is C82H141AlBrLiO4. The van der Waals surface area contributed by atoms with Crippen molar-refractivity contribution in [2.75, 3.05) is 0 Å². The Morgan fingerprint density at radius 1 is 0.528 bits per heavy atom. The van der Waals surface area contributed by atoms with Crippen LogP contribution in [0.4, 0.5) is 0 Å². The molecule has 12 aliphatic rings. The van der Waals surface area contributed by atoms with Crippen LogP contribution in [0.5, 0.6) is 0 Å². The summed E-state index contributed by atoms with van der Waals surface area (Å²) in [7, 11) is 0. The Morgan fingerprint density at radius 3 is 1.28 bits per heavy atom. The average Bonchev–Trinajstić information content (AvgIpc) is 1.35. The predicted octanol–water partition coefficient (Wildman–Crippen LogP) is 17.9. The molecule has 0 radical (unpaired) electrons. The molecule has 0 spiro atoms. The Balaban J connectivity index is 0.000000189. The van der Waals surface area contributed by atoms with Gasteiger partial charge in [-0.1, -0.05) is 145 Å². The standard InChI is InChI=1S/C28H47BrO.C27H46O2.C27H44O.Al.Li.4H/c1-18-13-15-27(5)20(17-18)8-9-21-23-11-10-22(28(23,6)16-14-24(21)27)19(2)7-12-25(29)26(3,4)30;1-18(7-6-14-25(2,3)29)22-10-11-23-21-9-8-19-17-20(28)12-15-26(19,4)24(21)13-16-27(22,23)5;1-18(2)7-6-8-19(3)23-11-12-24-22-10-9-20-17-21(28)13-15-26(20,4)25(22)14-16-27(23,24)5;;;;;;/h8,18-19,21-25,30H,7,9-17H2,1-6H3;8,18,20-24,28-29H,6-7,9-17H2,1-5H3;7,9,19,21-25,28H,6,8,10-17H2,1-5H3;;;;;;/q;;;;+1;;;;-1/t18-,19+,21?,22?,23?,24?,25?,27-,28+;18-,20+,21?,22?,23?,24?,26+,27-;19-,21+,22?,23?,24?,25?,26+,27-;;;;;;/m011....../s1. The first kappa shape index (κ1) is 75.2. The number of fused-ring (bicyclic) bond motifs is 15. The van der Waals surface area contributed by atoms with Gasteiger partial charge in [0.2, 0.25) is 0 Å². The van der Waals surface area contributed by atoms with Crippen molar-refractivity contribution < 1.29 is 40.7 Å². The molecule has 504 valence electrons. The van der Waals surface area contributed by atoms with Gasteiger partial charge in [-0.2, -0.15) is 0 Å². The fourth-order valence-corrected chi connectivity index (χ4v) is 26.2. The number of hydrogen-bond donors (Lipinski definition) is 4. The van der Waals surface area contributed by atoms with Gasteiger partial charge in [-0.25, -0.2) is 0 Å². The molecule has 0 heterocycles. The summed E-state index contributed by atoms with van der Waals surface area (Å²) in [5.74, 6) is 14.1. The largest absolute Gasteiger partial charge is 1.00 e. The van der Waals surface area contributed by atoms with Crippen molar-refractivity contribution in [3.63, 3.8) is 0 Å². The van der Waals surface area contributed by atoms with Crippen LogP contribution in [-0.4, -0.2) is 66.0 Å². The third-order valence-corrected chi connectivity index (χ3v) is 32.6. The number of alkyl halides is 1. The van der Waals surface area contributed by atoms with E-state index in [9.17, 15) is 20.4 Å². The summed E-state index contributed by atoms with van der Waals surface area (Å²) in [6, 6.07) is 0. The maximum atomic E-state index is 10.3. The Labute approximate surface area is 581 Å². The molecule has 12 aliphatic carbocycles. The molecule has 9 fully saturated rings. The maximum Gasteiger partial charge on any atom is 1.00 e. The monoisotopic (exact) mass is 1300 g/mol. The van der Waals surface area contributed by atoms with Crippen LogP contribution in [0.15, 0.2) is 46.6 Å². The Kier molecular flexibility index (Phi) is 24.6. The molecule has 4 nitrogen and oxygen atoms in total. The van der Waals surface area contributed by atoms with E-state index in [0.717, 1.165) is 140 Å². The third-order valence-electron chi connectivity index (χ3n) is 31.1. The molecule has 7 heteroatoms. The van der Waals surface area contributed by atoms with Gasteiger partial charge >= 0.3 is 18.9 Å². The summed E-state index contributed by atoms with van der Waals surface area (Å²) >= 11 is 3.75. The zero-order valence-electron chi connectivity index (χ0n) is 61.4. The first-order valence-electron chi connectivity index (χ1n) is 37.9. The van der Waals surface area contributed by atoms with Crippen LogP contribution in [0.3, 0.4) is 0 Å². The Bertz CT molecular complexity index is 2490. The molecule has 9 saturated carbocycles. The molecular weight excluding hydrogens is 1160 g/mol. The molecule has 0 aromatic heterocycles. The van der Waals surface area contributed by atoms with Crippen molar-refractivity contribution >= 4 is 33.3 Å². The quantitative estimate of drug-likeness (QED) is 0.0794. The summed E-state index contributed by atoms with van der Waals surface area (Å²) in [6.07, 6.45) is 50.2. The van der Waals surface area contributed by atoms with Crippen molar-refractivity contribution in [3.8, 4) is 0 Å². The van der Waals surface area contributed by atoms with E-state index >= 15 is 0 Å². The first-order chi connectivity index (χ1) is 40.8. The fraction of sp³-hybridized carbons (Fsp3) is 0.902. The molecule has 0 aromatic carbocycles. The molecule has 0 saturated heterocycles.